The molecule has 4 nitrogen and oxygen atoms in total. The van der Waals surface area contributed by atoms with Gasteiger partial charge in [0.05, 0.1) is 12.6 Å². The van der Waals surface area contributed by atoms with Crippen molar-refractivity contribution in [3.63, 3.8) is 0 Å². The Morgan fingerprint density at radius 1 is 0.742 bits per heavy atom. The average Bonchev–Trinajstić information content (AvgIpc) is 2.86. The number of benzene rings is 3. The molecule has 3 aromatic rings. The van der Waals surface area contributed by atoms with Gasteiger partial charge in [-0.2, -0.15) is 0 Å². The van der Waals surface area contributed by atoms with Crippen LogP contribution < -0.4 is 0 Å². The third-order valence-electron chi connectivity index (χ3n) is 6.45. The second kappa shape index (κ2) is 9.46. The fourth-order valence-corrected chi connectivity index (χ4v) is 4.85. The fourth-order valence-electron chi connectivity index (χ4n) is 4.85. The lowest BCUT2D eigenvalue weighted by molar-refractivity contribution is -0.147. The summed E-state index contributed by atoms with van der Waals surface area (Å²) in [5.74, 6) is -0.172. The molecule has 0 spiro atoms. The van der Waals surface area contributed by atoms with Crippen molar-refractivity contribution in [2.45, 2.75) is 18.5 Å². The molecule has 4 rings (SSSR count). The van der Waals surface area contributed by atoms with Crippen LogP contribution in [0.1, 0.15) is 23.6 Å². The minimum atomic E-state index is -0.398. The molecule has 0 N–H and O–H groups in total. The van der Waals surface area contributed by atoms with Crippen LogP contribution in [0.4, 0.5) is 0 Å². The van der Waals surface area contributed by atoms with Crippen molar-refractivity contribution < 1.29 is 9.53 Å². The lowest BCUT2D eigenvalue weighted by Gasteiger charge is -2.49. The number of hydrogen-bond acceptors (Lipinski definition) is 4. The highest BCUT2D eigenvalue weighted by Gasteiger charge is 2.43. The third-order valence-corrected chi connectivity index (χ3v) is 6.45. The van der Waals surface area contributed by atoms with E-state index in [0.717, 1.165) is 26.2 Å². The van der Waals surface area contributed by atoms with E-state index in [1.165, 1.54) is 23.8 Å². The summed E-state index contributed by atoms with van der Waals surface area (Å²) < 4.78 is 4.97. The minimum absolute atomic E-state index is 0.172. The second-order valence-electron chi connectivity index (χ2n) is 8.03. The number of carbonyl (C=O) groups excluding carboxylic acids is 1. The second-order valence-corrected chi connectivity index (χ2v) is 8.03. The van der Waals surface area contributed by atoms with E-state index in [4.69, 9.17) is 4.74 Å². The summed E-state index contributed by atoms with van der Waals surface area (Å²) in [7, 11) is 1.46. The van der Waals surface area contributed by atoms with Crippen molar-refractivity contribution in [1.82, 2.24) is 9.80 Å². The lowest BCUT2D eigenvalue weighted by Crippen LogP contribution is -2.58. The van der Waals surface area contributed by atoms with Crippen LogP contribution in [0.2, 0.25) is 0 Å². The first-order valence-corrected chi connectivity index (χ1v) is 10.9. The molecule has 1 heterocycles. The summed E-state index contributed by atoms with van der Waals surface area (Å²) in [6, 6.07) is 32.0. The predicted octanol–water partition coefficient (Wildman–Crippen LogP) is 4.16. The maximum Gasteiger partial charge on any atom is 0.322 e. The van der Waals surface area contributed by atoms with Crippen molar-refractivity contribution in [2.75, 3.05) is 33.3 Å². The molecule has 3 aromatic carbocycles. The number of methoxy groups -OCH3 is 1. The van der Waals surface area contributed by atoms with Gasteiger partial charge in [0.25, 0.3) is 0 Å². The van der Waals surface area contributed by atoms with Crippen molar-refractivity contribution in [3.05, 3.63) is 108 Å². The fraction of sp³-hybridized carbons (Fsp3) is 0.296. The van der Waals surface area contributed by atoms with Crippen LogP contribution in [0.25, 0.3) is 0 Å². The molecule has 0 radical (unpaired) electrons. The van der Waals surface area contributed by atoms with Gasteiger partial charge in [0, 0.05) is 26.2 Å². The molecule has 1 atom stereocenters. The zero-order valence-corrected chi connectivity index (χ0v) is 18.3. The highest BCUT2D eigenvalue weighted by Crippen LogP contribution is 2.42. The van der Waals surface area contributed by atoms with Crippen LogP contribution >= 0.6 is 0 Å². The van der Waals surface area contributed by atoms with Gasteiger partial charge in [0.15, 0.2) is 0 Å². The molecule has 1 unspecified atom stereocenters. The first kappa shape index (κ1) is 21.3. The lowest BCUT2D eigenvalue weighted by atomic mass is 9.75. The predicted molar refractivity (Wildman–Crippen MR) is 124 cm³/mol. The van der Waals surface area contributed by atoms with E-state index in [-0.39, 0.29) is 12.0 Å². The summed E-state index contributed by atoms with van der Waals surface area (Å²) in [6.45, 7) is 5.25. The van der Waals surface area contributed by atoms with Crippen LogP contribution in [0.5, 0.6) is 0 Å². The van der Waals surface area contributed by atoms with E-state index < -0.39 is 5.54 Å². The Balaban J connectivity index is 1.80. The van der Waals surface area contributed by atoms with Gasteiger partial charge in [-0.05, 0) is 23.6 Å². The molecule has 0 aromatic heterocycles. The average molecular weight is 415 g/mol. The first-order valence-electron chi connectivity index (χ1n) is 10.9. The van der Waals surface area contributed by atoms with Crippen LogP contribution in [0.15, 0.2) is 91.0 Å². The summed E-state index contributed by atoms with van der Waals surface area (Å²) in [5, 5.41) is 0. The van der Waals surface area contributed by atoms with Gasteiger partial charge in [-0.1, -0.05) is 91.0 Å². The Labute approximate surface area is 185 Å². The first-order chi connectivity index (χ1) is 15.2. The van der Waals surface area contributed by atoms with Crippen LogP contribution in [0.3, 0.4) is 0 Å². The van der Waals surface area contributed by atoms with Crippen LogP contribution in [-0.4, -0.2) is 55.1 Å². The van der Waals surface area contributed by atoms with Gasteiger partial charge in [0.1, 0.15) is 6.04 Å². The van der Waals surface area contributed by atoms with Gasteiger partial charge in [-0.15, -0.1) is 0 Å². The van der Waals surface area contributed by atoms with Crippen LogP contribution in [-0.2, 0) is 15.1 Å². The van der Waals surface area contributed by atoms with E-state index >= 15 is 0 Å². The molecule has 0 aliphatic carbocycles. The molecule has 1 aliphatic heterocycles. The molecular weight excluding hydrogens is 384 g/mol. The molecule has 0 saturated carbocycles. The van der Waals surface area contributed by atoms with Gasteiger partial charge in [-0.3, -0.25) is 14.6 Å². The zero-order valence-electron chi connectivity index (χ0n) is 18.3. The monoisotopic (exact) mass is 414 g/mol. The quantitative estimate of drug-likeness (QED) is 0.448. The van der Waals surface area contributed by atoms with Crippen molar-refractivity contribution in [1.29, 1.82) is 0 Å². The highest BCUT2D eigenvalue weighted by atomic mass is 16.5. The SMILES string of the molecule is COC(=O)C(C)N1CCN(C(c2ccccc2)(c2ccccc2)c2ccccc2)CC1. The van der Waals surface area contributed by atoms with Crippen molar-refractivity contribution >= 4 is 5.97 Å². The summed E-state index contributed by atoms with van der Waals surface area (Å²) in [5.41, 5.74) is 3.36. The molecule has 0 amide bonds. The normalized spacial score (nSPS) is 16.6. The number of ether oxygens (including phenoxy) is 1. The van der Waals surface area contributed by atoms with E-state index in [0.29, 0.717) is 0 Å². The van der Waals surface area contributed by atoms with Crippen molar-refractivity contribution in [2.24, 2.45) is 0 Å². The van der Waals surface area contributed by atoms with Gasteiger partial charge >= 0.3 is 5.97 Å². The number of nitrogens with zero attached hydrogens (tertiary/aromatic N) is 2. The minimum Gasteiger partial charge on any atom is -0.468 e. The van der Waals surface area contributed by atoms with Gasteiger partial charge < -0.3 is 4.74 Å². The molecule has 0 bridgehead atoms. The number of piperazine rings is 1. The van der Waals surface area contributed by atoms with Gasteiger partial charge in [0.2, 0.25) is 0 Å². The number of carbonyl (C=O) groups is 1. The van der Waals surface area contributed by atoms with E-state index in [1.54, 1.807) is 0 Å². The standard InChI is InChI=1S/C27H30N2O2/c1-22(26(30)31-2)28-18-20-29(21-19-28)27(23-12-6-3-7-13-23,24-14-8-4-9-15-24)25-16-10-5-11-17-25/h3-17,22H,18-21H2,1-2H3. The maximum absolute atomic E-state index is 12.1. The van der Waals surface area contributed by atoms with Crippen LogP contribution in [0, 0.1) is 0 Å². The topological polar surface area (TPSA) is 32.8 Å². The number of esters is 1. The Morgan fingerprint density at radius 2 is 1.13 bits per heavy atom. The summed E-state index contributed by atoms with van der Waals surface area (Å²) >= 11 is 0. The van der Waals surface area contributed by atoms with Crippen molar-refractivity contribution in [3.8, 4) is 0 Å². The molecule has 1 aliphatic rings. The maximum atomic E-state index is 12.1. The number of rotatable bonds is 6. The molecule has 31 heavy (non-hydrogen) atoms. The largest absolute Gasteiger partial charge is 0.468 e. The molecule has 1 saturated heterocycles. The third kappa shape index (κ3) is 4.01. The van der Waals surface area contributed by atoms with E-state index in [9.17, 15) is 4.79 Å². The Morgan fingerprint density at radius 3 is 1.48 bits per heavy atom. The zero-order chi connectivity index (χ0) is 21.7. The Bertz CT molecular complexity index is 871. The Kier molecular flexibility index (Phi) is 6.50. The number of hydrogen-bond donors (Lipinski definition) is 0. The summed E-state index contributed by atoms with van der Waals surface area (Å²) in [4.78, 5) is 16.9. The molecular formula is C27H30N2O2. The van der Waals surface area contributed by atoms with E-state index in [2.05, 4.69) is 101 Å². The van der Waals surface area contributed by atoms with Gasteiger partial charge in [-0.25, -0.2) is 0 Å². The Hall–Kier alpha value is -2.95. The van der Waals surface area contributed by atoms with E-state index in [1.807, 2.05) is 6.92 Å². The molecule has 1 fully saturated rings. The molecule has 160 valence electrons. The highest BCUT2D eigenvalue weighted by molar-refractivity contribution is 5.75. The smallest absolute Gasteiger partial charge is 0.322 e. The molecule has 4 heteroatoms. The summed E-state index contributed by atoms with van der Waals surface area (Å²) in [6.07, 6.45) is 0.